The average Bonchev–Trinajstić information content (AvgIpc) is 2.16. The molecule has 0 saturated heterocycles. The molecule has 72 valence electrons. The van der Waals surface area contributed by atoms with E-state index in [1.165, 1.54) is 0 Å². The predicted octanol–water partition coefficient (Wildman–Crippen LogP) is 1.56. The molecule has 1 aromatic heterocycles. The maximum absolute atomic E-state index is 5.97. The molecule has 0 unspecified atom stereocenters. The lowest BCUT2D eigenvalue weighted by molar-refractivity contribution is 0.693. The van der Waals surface area contributed by atoms with Crippen LogP contribution in [0.1, 0.15) is 24.9 Å². The maximum Gasteiger partial charge on any atom is 0.132 e. The molecule has 1 heterocycles. The molecule has 3 nitrogen and oxygen atoms in total. The summed E-state index contributed by atoms with van der Waals surface area (Å²) in [5.74, 6) is 0.969. The number of hydrogen-bond donors (Lipinski definition) is 1. The zero-order valence-electron chi connectivity index (χ0n) is 8.49. The van der Waals surface area contributed by atoms with Crippen LogP contribution in [0.4, 0.5) is 5.82 Å². The first-order chi connectivity index (χ1) is 6.16. The molecule has 1 rings (SSSR count). The van der Waals surface area contributed by atoms with Crippen LogP contribution in [0, 0.1) is 0 Å². The Labute approximate surface area is 79.6 Å². The van der Waals surface area contributed by atoms with Crippen molar-refractivity contribution in [2.75, 3.05) is 19.0 Å². The minimum Gasteiger partial charge on any atom is -0.362 e. The fraction of sp³-hybridized carbons (Fsp3) is 0.500. The summed E-state index contributed by atoms with van der Waals surface area (Å²) in [6.45, 7) is 2.08. The largest absolute Gasteiger partial charge is 0.362 e. The van der Waals surface area contributed by atoms with Gasteiger partial charge in [0, 0.05) is 31.9 Å². The quantitative estimate of drug-likeness (QED) is 0.765. The minimum atomic E-state index is 0.0890. The molecule has 0 bridgehead atoms. The topological polar surface area (TPSA) is 42.1 Å². The molecule has 1 atom stereocenters. The Balaban J connectivity index is 3.04. The highest BCUT2D eigenvalue weighted by molar-refractivity contribution is 5.46. The summed E-state index contributed by atoms with van der Waals surface area (Å²) >= 11 is 0. The Morgan fingerprint density at radius 3 is 2.77 bits per heavy atom. The molecule has 0 aliphatic carbocycles. The summed E-state index contributed by atoms with van der Waals surface area (Å²) < 4.78 is 0. The molecule has 3 heteroatoms. The molecule has 0 amide bonds. The van der Waals surface area contributed by atoms with E-state index in [2.05, 4.69) is 11.9 Å². The molecular formula is C10H17N3. The van der Waals surface area contributed by atoms with Crippen molar-refractivity contribution in [3.8, 4) is 0 Å². The van der Waals surface area contributed by atoms with E-state index in [1.54, 1.807) is 6.20 Å². The van der Waals surface area contributed by atoms with E-state index in [1.807, 2.05) is 31.1 Å². The van der Waals surface area contributed by atoms with Crippen molar-refractivity contribution in [3.05, 3.63) is 23.9 Å². The smallest absolute Gasteiger partial charge is 0.132 e. The molecule has 0 aromatic carbocycles. The molecular weight excluding hydrogens is 162 g/mol. The van der Waals surface area contributed by atoms with Gasteiger partial charge in [0.15, 0.2) is 0 Å². The molecule has 0 aliphatic rings. The molecule has 13 heavy (non-hydrogen) atoms. The number of nitrogens with two attached hydrogens (primary N) is 1. The standard InChI is InChI=1S/C10H17N3/c1-4-9(11)8-6-5-7-12-10(8)13(2)3/h5-7,9H,4,11H2,1-3H3/t9-/m1/s1. The second-order valence-corrected chi connectivity index (χ2v) is 3.33. The zero-order valence-corrected chi connectivity index (χ0v) is 8.49. The van der Waals surface area contributed by atoms with Crippen LogP contribution in [-0.2, 0) is 0 Å². The van der Waals surface area contributed by atoms with E-state index in [4.69, 9.17) is 5.73 Å². The van der Waals surface area contributed by atoms with E-state index in [-0.39, 0.29) is 6.04 Å². The van der Waals surface area contributed by atoms with Gasteiger partial charge in [0.1, 0.15) is 5.82 Å². The van der Waals surface area contributed by atoms with Crippen LogP contribution in [0.3, 0.4) is 0 Å². The Bertz CT molecular complexity index is 271. The molecule has 0 spiro atoms. The summed E-state index contributed by atoms with van der Waals surface area (Å²) in [4.78, 5) is 6.28. The highest BCUT2D eigenvalue weighted by Crippen LogP contribution is 2.22. The van der Waals surface area contributed by atoms with Gasteiger partial charge in [-0.2, -0.15) is 0 Å². The Morgan fingerprint density at radius 2 is 2.23 bits per heavy atom. The fourth-order valence-electron chi connectivity index (χ4n) is 1.29. The van der Waals surface area contributed by atoms with Gasteiger partial charge >= 0.3 is 0 Å². The SMILES string of the molecule is CC[C@@H](N)c1cccnc1N(C)C. The molecule has 0 saturated carbocycles. The van der Waals surface area contributed by atoms with E-state index >= 15 is 0 Å². The first-order valence-corrected chi connectivity index (χ1v) is 4.54. The average molecular weight is 179 g/mol. The molecule has 0 radical (unpaired) electrons. The van der Waals surface area contributed by atoms with Gasteiger partial charge in [-0.1, -0.05) is 13.0 Å². The molecule has 1 aromatic rings. The number of anilines is 1. The third kappa shape index (κ3) is 2.18. The van der Waals surface area contributed by atoms with Gasteiger partial charge in [-0.05, 0) is 12.5 Å². The van der Waals surface area contributed by atoms with Gasteiger partial charge in [0.25, 0.3) is 0 Å². The predicted molar refractivity (Wildman–Crippen MR) is 55.8 cm³/mol. The highest BCUT2D eigenvalue weighted by Gasteiger charge is 2.10. The Kier molecular flexibility index (Phi) is 3.25. The normalized spacial score (nSPS) is 12.6. The van der Waals surface area contributed by atoms with Crippen molar-refractivity contribution in [2.45, 2.75) is 19.4 Å². The van der Waals surface area contributed by atoms with Crippen LogP contribution in [0.5, 0.6) is 0 Å². The first-order valence-electron chi connectivity index (χ1n) is 4.54. The van der Waals surface area contributed by atoms with Crippen LogP contribution in [0.15, 0.2) is 18.3 Å². The van der Waals surface area contributed by atoms with Crippen molar-refractivity contribution in [3.63, 3.8) is 0 Å². The number of hydrogen-bond acceptors (Lipinski definition) is 3. The van der Waals surface area contributed by atoms with Crippen LogP contribution in [0.2, 0.25) is 0 Å². The molecule has 0 fully saturated rings. The van der Waals surface area contributed by atoms with Crippen LogP contribution in [-0.4, -0.2) is 19.1 Å². The summed E-state index contributed by atoms with van der Waals surface area (Å²) in [5.41, 5.74) is 7.09. The summed E-state index contributed by atoms with van der Waals surface area (Å²) in [7, 11) is 3.96. The molecule has 0 aliphatic heterocycles. The van der Waals surface area contributed by atoms with Crippen LogP contribution in [0.25, 0.3) is 0 Å². The van der Waals surface area contributed by atoms with Gasteiger partial charge in [-0.15, -0.1) is 0 Å². The van der Waals surface area contributed by atoms with Gasteiger partial charge in [0.2, 0.25) is 0 Å². The maximum atomic E-state index is 5.97. The second-order valence-electron chi connectivity index (χ2n) is 3.33. The van der Waals surface area contributed by atoms with Gasteiger partial charge in [0.05, 0.1) is 0 Å². The second kappa shape index (κ2) is 4.23. The van der Waals surface area contributed by atoms with Crippen molar-refractivity contribution < 1.29 is 0 Å². The van der Waals surface area contributed by atoms with E-state index in [0.29, 0.717) is 0 Å². The van der Waals surface area contributed by atoms with E-state index in [0.717, 1.165) is 17.8 Å². The minimum absolute atomic E-state index is 0.0890. The van der Waals surface area contributed by atoms with Crippen LogP contribution >= 0.6 is 0 Å². The number of rotatable bonds is 3. The lowest BCUT2D eigenvalue weighted by Crippen LogP contribution is -2.18. The van der Waals surface area contributed by atoms with Crippen molar-refractivity contribution in [2.24, 2.45) is 5.73 Å². The van der Waals surface area contributed by atoms with Gasteiger partial charge < -0.3 is 10.6 Å². The summed E-state index contributed by atoms with van der Waals surface area (Å²) in [5, 5.41) is 0. The van der Waals surface area contributed by atoms with Crippen LogP contribution < -0.4 is 10.6 Å². The van der Waals surface area contributed by atoms with E-state index < -0.39 is 0 Å². The number of pyridine rings is 1. The van der Waals surface area contributed by atoms with E-state index in [9.17, 15) is 0 Å². The Morgan fingerprint density at radius 1 is 1.54 bits per heavy atom. The number of aromatic nitrogens is 1. The van der Waals surface area contributed by atoms with Gasteiger partial charge in [-0.25, -0.2) is 4.98 Å². The Hall–Kier alpha value is -1.09. The number of nitrogens with zero attached hydrogens (tertiary/aromatic N) is 2. The zero-order chi connectivity index (χ0) is 9.84. The monoisotopic (exact) mass is 179 g/mol. The lowest BCUT2D eigenvalue weighted by Gasteiger charge is -2.18. The van der Waals surface area contributed by atoms with Crippen molar-refractivity contribution >= 4 is 5.82 Å². The summed E-state index contributed by atoms with van der Waals surface area (Å²) in [6.07, 6.45) is 2.73. The third-order valence-corrected chi connectivity index (χ3v) is 2.08. The van der Waals surface area contributed by atoms with Gasteiger partial charge in [-0.3, -0.25) is 0 Å². The fourth-order valence-corrected chi connectivity index (χ4v) is 1.29. The summed E-state index contributed by atoms with van der Waals surface area (Å²) in [6, 6.07) is 4.06. The highest BCUT2D eigenvalue weighted by atomic mass is 15.1. The third-order valence-electron chi connectivity index (χ3n) is 2.08. The first kappa shape index (κ1) is 9.99. The lowest BCUT2D eigenvalue weighted by atomic mass is 10.1. The van der Waals surface area contributed by atoms with Crippen molar-refractivity contribution in [1.82, 2.24) is 4.98 Å². The van der Waals surface area contributed by atoms with Crippen molar-refractivity contribution in [1.29, 1.82) is 0 Å². The molecule has 2 N–H and O–H groups in total.